The lowest BCUT2D eigenvalue weighted by Gasteiger charge is -2.16. The Morgan fingerprint density at radius 3 is 1.69 bits per heavy atom. The molecule has 0 spiro atoms. The number of rotatable bonds is 13. The molecule has 250 valence electrons. The van der Waals surface area contributed by atoms with Crippen molar-refractivity contribution in [1.29, 1.82) is 0 Å². The predicted octanol–water partition coefficient (Wildman–Crippen LogP) is 5.32. The van der Waals surface area contributed by atoms with Gasteiger partial charge in [0.15, 0.2) is 0 Å². The van der Waals surface area contributed by atoms with Gasteiger partial charge in [0.1, 0.15) is 11.4 Å². The fourth-order valence-electron chi connectivity index (χ4n) is 5.99. The highest BCUT2D eigenvalue weighted by Crippen LogP contribution is 2.42. The fourth-order valence-corrected chi connectivity index (χ4v) is 6.64. The zero-order valence-corrected chi connectivity index (χ0v) is 28.4. The van der Waals surface area contributed by atoms with Crippen LogP contribution in [0.15, 0.2) is 61.1 Å². The third-order valence-corrected chi connectivity index (χ3v) is 9.32. The van der Waals surface area contributed by atoms with Gasteiger partial charge < -0.3 is 30.7 Å². The number of benzene rings is 2. The van der Waals surface area contributed by atoms with Crippen molar-refractivity contribution >= 4 is 29.1 Å². The van der Waals surface area contributed by atoms with Gasteiger partial charge in [0.05, 0.1) is 48.0 Å². The molecule has 0 bridgehead atoms. The molecule has 2 atom stereocenters. The zero-order valence-electron chi connectivity index (χ0n) is 26.9. The topological polar surface area (TPSA) is 135 Å². The average Bonchev–Trinajstić information content (AvgIpc) is 3.72. The molecule has 2 aliphatic heterocycles. The first-order valence-corrected chi connectivity index (χ1v) is 16.6. The quantitative estimate of drug-likeness (QED) is 0.146. The molecule has 2 aromatic carbocycles. The van der Waals surface area contributed by atoms with Crippen LogP contribution in [-0.4, -0.2) is 65.2 Å². The maximum atomic E-state index is 11.5. The second kappa shape index (κ2) is 15.3. The minimum atomic E-state index is 0.0853. The number of nitrogens with zero attached hydrogens (tertiary/aromatic N) is 4. The summed E-state index contributed by atoms with van der Waals surface area (Å²) in [7, 11) is 3.14. The molecule has 0 unspecified atom stereocenters. The lowest BCUT2D eigenvalue weighted by Crippen LogP contribution is -2.35. The minimum Gasteiger partial charge on any atom is -0.480 e. The first kappa shape index (κ1) is 33.6. The molecule has 4 aromatic rings. The molecule has 0 saturated carbocycles. The number of carbonyl (C=O) groups is 1. The molecular weight excluding hydrogens is 651 g/mol. The maximum Gasteiger partial charge on any atom is 0.237 e. The molecule has 48 heavy (non-hydrogen) atoms. The van der Waals surface area contributed by atoms with Crippen molar-refractivity contribution < 1.29 is 14.3 Å². The van der Waals surface area contributed by atoms with Crippen molar-refractivity contribution in [2.24, 2.45) is 0 Å². The van der Waals surface area contributed by atoms with E-state index in [1.165, 1.54) is 0 Å². The van der Waals surface area contributed by atoms with E-state index in [0.29, 0.717) is 87.8 Å². The second-order valence-electron chi connectivity index (χ2n) is 11.8. The van der Waals surface area contributed by atoms with Crippen molar-refractivity contribution in [3.05, 3.63) is 82.5 Å². The molecule has 13 heteroatoms. The molecule has 2 fully saturated rings. The van der Waals surface area contributed by atoms with Gasteiger partial charge in [-0.3, -0.25) is 14.8 Å². The van der Waals surface area contributed by atoms with Crippen LogP contribution in [0.3, 0.4) is 0 Å². The average molecular weight is 690 g/mol. The number of allylic oxidation sites excluding steroid dienone is 1. The Morgan fingerprint density at radius 1 is 0.771 bits per heavy atom. The van der Waals surface area contributed by atoms with E-state index < -0.39 is 0 Å². The normalized spacial score (nSPS) is 17.3. The van der Waals surface area contributed by atoms with Gasteiger partial charge in [-0.05, 0) is 19.3 Å². The van der Waals surface area contributed by atoms with Crippen molar-refractivity contribution in [1.82, 2.24) is 41.2 Å². The van der Waals surface area contributed by atoms with E-state index in [2.05, 4.69) is 37.8 Å². The molecule has 6 rings (SSSR count). The highest BCUT2D eigenvalue weighted by Gasteiger charge is 2.22. The standard InChI is InChI=1S/C35H38Cl2N8O3/c1-20-10-11-21(42-20)14-38-16-29-34(47-2)44-27(18-40-29)25-8-4-6-23(32(25)36)24-7-5-9-26(33(24)37)28-19-41-30(35(45-28)48-3)17-39-15-22-12-13-31(46)43-22/h4-9,18-19,21-22,38-39,42H,1,10-17H2,2-3H3,(H,43,46)/t21-,22-/m0/s1. The number of aromatic nitrogens is 4. The predicted molar refractivity (Wildman–Crippen MR) is 187 cm³/mol. The lowest BCUT2D eigenvalue weighted by atomic mass is 9.98. The van der Waals surface area contributed by atoms with Gasteiger partial charge in [0, 0.05) is 72.6 Å². The van der Waals surface area contributed by atoms with Crippen LogP contribution in [0.25, 0.3) is 33.6 Å². The Bertz CT molecular complexity index is 1690. The summed E-state index contributed by atoms with van der Waals surface area (Å²) in [5.74, 6) is 0.910. The van der Waals surface area contributed by atoms with E-state index in [4.69, 9.17) is 42.6 Å². The summed E-state index contributed by atoms with van der Waals surface area (Å²) in [6.45, 7) is 6.39. The van der Waals surface area contributed by atoms with Gasteiger partial charge in [-0.1, -0.05) is 66.2 Å². The first-order chi connectivity index (χ1) is 23.3. The Hall–Kier alpha value is -4.29. The van der Waals surface area contributed by atoms with Crippen LogP contribution in [0.2, 0.25) is 10.0 Å². The summed E-state index contributed by atoms with van der Waals surface area (Å²) in [6, 6.07) is 11.9. The summed E-state index contributed by atoms with van der Waals surface area (Å²) in [4.78, 5) is 30.3. The van der Waals surface area contributed by atoms with Gasteiger partial charge in [-0.15, -0.1) is 0 Å². The largest absolute Gasteiger partial charge is 0.480 e. The number of hydrogen-bond acceptors (Lipinski definition) is 10. The maximum absolute atomic E-state index is 11.5. The van der Waals surface area contributed by atoms with E-state index in [9.17, 15) is 4.79 Å². The molecule has 0 aliphatic carbocycles. The van der Waals surface area contributed by atoms with Gasteiger partial charge in [-0.25, -0.2) is 9.97 Å². The number of amides is 1. The molecule has 2 saturated heterocycles. The van der Waals surface area contributed by atoms with Gasteiger partial charge in [0.25, 0.3) is 0 Å². The number of ether oxygens (including phenoxy) is 2. The van der Waals surface area contributed by atoms with Crippen molar-refractivity contribution in [2.75, 3.05) is 27.3 Å². The highest BCUT2D eigenvalue weighted by molar-refractivity contribution is 6.39. The summed E-state index contributed by atoms with van der Waals surface area (Å²) in [6.07, 6.45) is 6.82. The molecule has 4 heterocycles. The molecule has 11 nitrogen and oxygen atoms in total. The third-order valence-electron chi connectivity index (χ3n) is 8.50. The number of nitrogens with one attached hydrogen (secondary N) is 4. The van der Waals surface area contributed by atoms with Crippen LogP contribution in [-0.2, 0) is 17.9 Å². The number of halogens is 2. The molecular formula is C35H38Cl2N8O3. The summed E-state index contributed by atoms with van der Waals surface area (Å²) in [5.41, 5.74) is 6.44. The zero-order chi connectivity index (χ0) is 33.6. The Balaban J connectivity index is 1.20. The first-order valence-electron chi connectivity index (χ1n) is 15.9. The van der Waals surface area contributed by atoms with Crippen molar-refractivity contribution in [2.45, 2.75) is 50.9 Å². The van der Waals surface area contributed by atoms with Gasteiger partial charge >= 0.3 is 0 Å². The van der Waals surface area contributed by atoms with Crippen LogP contribution in [0.4, 0.5) is 0 Å². The third kappa shape index (κ3) is 7.55. The fraction of sp³-hybridized carbons (Fsp3) is 0.343. The SMILES string of the molecule is C=C1CC[C@@H](CNCc2ncc(-c3cccc(-c4cccc(-c5cnc(CNC[C@@H]6CCC(=O)N6)c(OC)n5)c4Cl)c3Cl)nc2OC)N1. The summed E-state index contributed by atoms with van der Waals surface area (Å²) >= 11 is 14.1. The summed E-state index contributed by atoms with van der Waals surface area (Å²) in [5, 5.41) is 14.1. The highest BCUT2D eigenvalue weighted by atomic mass is 35.5. The van der Waals surface area contributed by atoms with Gasteiger partial charge in [-0.2, -0.15) is 0 Å². The van der Waals surface area contributed by atoms with E-state index in [0.717, 1.165) is 42.6 Å². The molecule has 1 amide bonds. The van der Waals surface area contributed by atoms with Crippen LogP contribution in [0, 0.1) is 0 Å². The van der Waals surface area contributed by atoms with E-state index in [1.807, 2.05) is 36.4 Å². The van der Waals surface area contributed by atoms with Gasteiger partial charge in [0.2, 0.25) is 17.7 Å². The molecule has 4 N–H and O–H groups in total. The monoisotopic (exact) mass is 688 g/mol. The Morgan fingerprint density at radius 2 is 1.25 bits per heavy atom. The van der Waals surface area contributed by atoms with Crippen LogP contribution in [0.5, 0.6) is 11.8 Å². The smallest absolute Gasteiger partial charge is 0.237 e. The van der Waals surface area contributed by atoms with Crippen molar-refractivity contribution in [3.63, 3.8) is 0 Å². The van der Waals surface area contributed by atoms with E-state index >= 15 is 0 Å². The molecule has 2 aliphatic rings. The van der Waals surface area contributed by atoms with Crippen LogP contribution < -0.4 is 30.7 Å². The lowest BCUT2D eigenvalue weighted by molar-refractivity contribution is -0.119. The van der Waals surface area contributed by atoms with Crippen LogP contribution >= 0.6 is 23.2 Å². The number of hydrogen-bond donors (Lipinski definition) is 4. The van der Waals surface area contributed by atoms with E-state index in [1.54, 1.807) is 26.6 Å². The minimum absolute atomic E-state index is 0.0853. The Labute approximate surface area is 289 Å². The summed E-state index contributed by atoms with van der Waals surface area (Å²) < 4.78 is 11.2. The van der Waals surface area contributed by atoms with Crippen LogP contribution in [0.1, 0.15) is 37.1 Å². The molecule has 0 radical (unpaired) electrons. The van der Waals surface area contributed by atoms with Crippen molar-refractivity contribution in [3.8, 4) is 45.4 Å². The second-order valence-corrected chi connectivity index (χ2v) is 12.6. The number of carbonyl (C=O) groups excluding carboxylic acids is 1. The van der Waals surface area contributed by atoms with E-state index in [-0.39, 0.29) is 11.9 Å². The Kier molecular flexibility index (Phi) is 10.7. The number of methoxy groups -OCH3 is 2. The molecule has 2 aromatic heterocycles.